The fraction of sp³-hybridized carbons (Fsp3) is 0.438. The Bertz CT molecular complexity index is 452. The van der Waals surface area contributed by atoms with Crippen LogP contribution in [0.4, 0.5) is 5.69 Å². The molecule has 0 bridgehead atoms. The van der Waals surface area contributed by atoms with E-state index in [4.69, 9.17) is 4.74 Å². The summed E-state index contributed by atoms with van der Waals surface area (Å²) in [5.41, 5.74) is 2.92. The average Bonchev–Trinajstić information content (AvgIpc) is 2.34. The maximum atomic E-state index is 11.6. The molecule has 0 fully saturated rings. The summed E-state index contributed by atoms with van der Waals surface area (Å²) in [5, 5.41) is 2.92. The lowest BCUT2D eigenvalue weighted by Crippen LogP contribution is -2.11. The van der Waals surface area contributed by atoms with E-state index in [9.17, 15) is 4.79 Å². The third-order valence-electron chi connectivity index (χ3n) is 2.77. The van der Waals surface area contributed by atoms with Crippen LogP contribution in [0.2, 0.25) is 0 Å². The van der Waals surface area contributed by atoms with Gasteiger partial charge in [0.2, 0.25) is 5.91 Å². The molecule has 104 valence electrons. The van der Waals surface area contributed by atoms with E-state index in [1.54, 1.807) is 0 Å². The number of amides is 1. The first-order chi connectivity index (χ1) is 9.12. The van der Waals surface area contributed by atoms with Crippen LogP contribution in [0.15, 0.2) is 24.8 Å². The summed E-state index contributed by atoms with van der Waals surface area (Å²) in [5.74, 6) is 0.950. The Morgan fingerprint density at radius 1 is 1.42 bits per heavy atom. The van der Waals surface area contributed by atoms with E-state index in [0.29, 0.717) is 13.0 Å². The van der Waals surface area contributed by atoms with Crippen molar-refractivity contribution in [2.75, 3.05) is 11.9 Å². The third-order valence-corrected chi connectivity index (χ3v) is 2.77. The quantitative estimate of drug-likeness (QED) is 0.757. The van der Waals surface area contributed by atoms with E-state index in [1.807, 2.05) is 39.0 Å². The Labute approximate surface area is 115 Å². The van der Waals surface area contributed by atoms with Gasteiger partial charge in [-0.3, -0.25) is 4.79 Å². The predicted octanol–water partition coefficient (Wildman–Crippen LogP) is 3.86. The molecule has 0 saturated heterocycles. The van der Waals surface area contributed by atoms with Gasteiger partial charge in [-0.2, -0.15) is 0 Å². The molecule has 0 spiro atoms. The summed E-state index contributed by atoms with van der Waals surface area (Å²) >= 11 is 0. The van der Waals surface area contributed by atoms with Crippen LogP contribution in [0.1, 0.15) is 37.8 Å². The summed E-state index contributed by atoms with van der Waals surface area (Å²) < 4.78 is 5.67. The largest absolute Gasteiger partial charge is 0.493 e. The van der Waals surface area contributed by atoms with Crippen molar-refractivity contribution in [3.63, 3.8) is 0 Å². The Balaban J connectivity index is 3.01. The zero-order chi connectivity index (χ0) is 14.3. The number of nitrogens with one attached hydrogen (secondary N) is 1. The molecule has 1 N–H and O–H groups in total. The summed E-state index contributed by atoms with van der Waals surface area (Å²) in [4.78, 5) is 11.6. The number of anilines is 1. The highest BCUT2D eigenvalue weighted by atomic mass is 16.5. The van der Waals surface area contributed by atoms with E-state index in [1.165, 1.54) is 0 Å². The topological polar surface area (TPSA) is 38.3 Å². The molecule has 0 aromatic heterocycles. The van der Waals surface area contributed by atoms with Gasteiger partial charge in [0.05, 0.1) is 6.61 Å². The van der Waals surface area contributed by atoms with E-state index in [0.717, 1.165) is 35.4 Å². The normalized spacial score (nSPS) is 10.1. The van der Waals surface area contributed by atoms with Gasteiger partial charge in [-0.15, -0.1) is 6.58 Å². The maximum absolute atomic E-state index is 11.6. The van der Waals surface area contributed by atoms with Crippen molar-refractivity contribution in [3.8, 4) is 5.75 Å². The van der Waals surface area contributed by atoms with Gasteiger partial charge >= 0.3 is 0 Å². The lowest BCUT2D eigenvalue weighted by atomic mass is 10.0. The number of allylic oxidation sites excluding steroid dienone is 1. The molecule has 3 heteroatoms. The van der Waals surface area contributed by atoms with Crippen molar-refractivity contribution >= 4 is 11.6 Å². The SMILES string of the molecule is C=CCc1cc(NC(=O)CCC)cc(C)c1OCC. The van der Waals surface area contributed by atoms with Gasteiger partial charge in [-0.1, -0.05) is 13.0 Å². The van der Waals surface area contributed by atoms with Crippen LogP contribution < -0.4 is 10.1 Å². The third kappa shape index (κ3) is 4.43. The molecule has 0 saturated carbocycles. The first kappa shape index (κ1) is 15.3. The summed E-state index contributed by atoms with van der Waals surface area (Å²) in [6.45, 7) is 10.3. The highest BCUT2D eigenvalue weighted by Crippen LogP contribution is 2.28. The number of benzene rings is 1. The zero-order valence-corrected chi connectivity index (χ0v) is 12.1. The molecule has 1 aromatic rings. The molecule has 0 heterocycles. The number of carbonyl (C=O) groups is 1. The van der Waals surface area contributed by atoms with Crippen molar-refractivity contribution in [3.05, 3.63) is 35.9 Å². The second-order valence-electron chi connectivity index (χ2n) is 4.51. The van der Waals surface area contributed by atoms with Gasteiger partial charge < -0.3 is 10.1 Å². The van der Waals surface area contributed by atoms with E-state index in [-0.39, 0.29) is 5.91 Å². The van der Waals surface area contributed by atoms with Gasteiger partial charge in [-0.25, -0.2) is 0 Å². The van der Waals surface area contributed by atoms with E-state index >= 15 is 0 Å². The lowest BCUT2D eigenvalue weighted by molar-refractivity contribution is -0.116. The van der Waals surface area contributed by atoms with Crippen molar-refractivity contribution in [2.45, 2.75) is 40.0 Å². The standard InChI is InChI=1S/C16H23NO2/c1-5-8-13-11-14(17-15(18)9-6-2)10-12(4)16(13)19-7-3/h5,10-11H,1,6-9H2,2-4H3,(H,17,18). The van der Waals surface area contributed by atoms with Crippen molar-refractivity contribution in [2.24, 2.45) is 0 Å². The summed E-state index contributed by atoms with van der Waals surface area (Å²) in [7, 11) is 0. The van der Waals surface area contributed by atoms with Gasteiger partial charge in [0.1, 0.15) is 5.75 Å². The molecule has 3 nitrogen and oxygen atoms in total. The van der Waals surface area contributed by atoms with Gasteiger partial charge in [0, 0.05) is 17.7 Å². The van der Waals surface area contributed by atoms with Crippen molar-refractivity contribution in [1.82, 2.24) is 0 Å². The van der Waals surface area contributed by atoms with Crippen LogP contribution in [0.3, 0.4) is 0 Å². The Morgan fingerprint density at radius 3 is 2.74 bits per heavy atom. The van der Waals surface area contributed by atoms with E-state index in [2.05, 4.69) is 11.9 Å². The number of hydrogen-bond donors (Lipinski definition) is 1. The molecule has 0 aliphatic rings. The molecule has 1 amide bonds. The molecule has 19 heavy (non-hydrogen) atoms. The van der Waals surface area contributed by atoms with Crippen LogP contribution in [-0.2, 0) is 11.2 Å². The van der Waals surface area contributed by atoms with E-state index < -0.39 is 0 Å². The first-order valence-electron chi connectivity index (χ1n) is 6.79. The van der Waals surface area contributed by atoms with Crippen LogP contribution >= 0.6 is 0 Å². The number of rotatable bonds is 7. The van der Waals surface area contributed by atoms with Gasteiger partial charge in [-0.05, 0) is 44.4 Å². The molecule has 0 atom stereocenters. The minimum atomic E-state index is 0.0515. The molecular weight excluding hydrogens is 238 g/mol. The van der Waals surface area contributed by atoms with Crippen LogP contribution in [0.5, 0.6) is 5.75 Å². The molecule has 0 aliphatic heterocycles. The summed E-state index contributed by atoms with van der Waals surface area (Å²) in [6, 6.07) is 3.92. The maximum Gasteiger partial charge on any atom is 0.224 e. The Hall–Kier alpha value is -1.77. The molecule has 1 aromatic carbocycles. The molecule has 1 rings (SSSR count). The number of aryl methyl sites for hydroxylation is 1. The zero-order valence-electron chi connectivity index (χ0n) is 12.1. The van der Waals surface area contributed by atoms with Crippen molar-refractivity contribution < 1.29 is 9.53 Å². The molecule has 0 radical (unpaired) electrons. The highest BCUT2D eigenvalue weighted by Gasteiger charge is 2.10. The fourth-order valence-electron chi connectivity index (χ4n) is 2.03. The van der Waals surface area contributed by atoms with Gasteiger partial charge in [0.25, 0.3) is 0 Å². The smallest absolute Gasteiger partial charge is 0.224 e. The van der Waals surface area contributed by atoms with Crippen molar-refractivity contribution in [1.29, 1.82) is 0 Å². The fourth-order valence-corrected chi connectivity index (χ4v) is 2.03. The van der Waals surface area contributed by atoms with Gasteiger partial charge in [0.15, 0.2) is 0 Å². The summed E-state index contributed by atoms with van der Waals surface area (Å²) in [6.07, 6.45) is 3.97. The highest BCUT2D eigenvalue weighted by molar-refractivity contribution is 5.91. The predicted molar refractivity (Wildman–Crippen MR) is 79.8 cm³/mol. The first-order valence-corrected chi connectivity index (χ1v) is 6.79. The molecule has 0 unspecified atom stereocenters. The minimum absolute atomic E-state index is 0.0515. The van der Waals surface area contributed by atoms with Crippen LogP contribution in [-0.4, -0.2) is 12.5 Å². The average molecular weight is 261 g/mol. The molecular formula is C16H23NO2. The number of ether oxygens (including phenoxy) is 1. The number of hydrogen-bond acceptors (Lipinski definition) is 2. The second-order valence-corrected chi connectivity index (χ2v) is 4.51. The lowest BCUT2D eigenvalue weighted by Gasteiger charge is -2.15. The van der Waals surface area contributed by atoms with Crippen LogP contribution in [0, 0.1) is 6.92 Å². The Kier molecular flexibility index (Phi) is 6.13. The Morgan fingerprint density at radius 2 is 2.16 bits per heavy atom. The minimum Gasteiger partial charge on any atom is -0.493 e. The second kappa shape index (κ2) is 7.62. The monoisotopic (exact) mass is 261 g/mol. The number of carbonyl (C=O) groups excluding carboxylic acids is 1. The molecule has 0 aliphatic carbocycles. The van der Waals surface area contributed by atoms with Crippen LogP contribution in [0.25, 0.3) is 0 Å².